The van der Waals surface area contributed by atoms with E-state index >= 15 is 0 Å². The van der Waals surface area contributed by atoms with Gasteiger partial charge in [-0.3, -0.25) is 0 Å². The molecule has 0 radical (unpaired) electrons. The van der Waals surface area contributed by atoms with Gasteiger partial charge in [-0.1, -0.05) is 29.8 Å². The number of rotatable bonds is 3. The maximum Gasteiger partial charge on any atom is 0.132 e. The van der Waals surface area contributed by atoms with Crippen molar-refractivity contribution < 1.29 is 0 Å². The molecule has 17 heavy (non-hydrogen) atoms. The number of hydrogen-bond acceptors (Lipinski definition) is 4. The third kappa shape index (κ3) is 3.17. The molecule has 0 saturated heterocycles. The molecule has 0 atom stereocenters. The van der Waals surface area contributed by atoms with Crippen LogP contribution >= 0.6 is 0 Å². The van der Waals surface area contributed by atoms with Crippen molar-refractivity contribution in [3.8, 4) is 0 Å². The van der Waals surface area contributed by atoms with Crippen LogP contribution in [0.3, 0.4) is 0 Å². The molecule has 0 aliphatic carbocycles. The normalized spacial score (nSPS) is 10.2. The molecule has 0 bridgehead atoms. The minimum Gasteiger partial charge on any atom is -0.384 e. The lowest BCUT2D eigenvalue weighted by atomic mass is 10.1. The van der Waals surface area contributed by atoms with Crippen molar-refractivity contribution in [1.82, 2.24) is 9.97 Å². The number of nitrogens with one attached hydrogen (secondary N) is 1. The van der Waals surface area contributed by atoms with E-state index in [2.05, 4.69) is 46.5 Å². The predicted molar refractivity (Wildman–Crippen MR) is 69.7 cm³/mol. The highest BCUT2D eigenvalue weighted by Crippen LogP contribution is 2.10. The zero-order valence-electron chi connectivity index (χ0n) is 10.1. The van der Waals surface area contributed by atoms with Crippen LogP contribution in [0.1, 0.15) is 17.0 Å². The zero-order chi connectivity index (χ0) is 12.3. The molecule has 3 N–H and O–H groups in total. The van der Waals surface area contributed by atoms with Crippen molar-refractivity contribution in [2.45, 2.75) is 20.4 Å². The first-order valence-electron chi connectivity index (χ1n) is 5.54. The van der Waals surface area contributed by atoms with E-state index in [0.717, 1.165) is 12.4 Å². The molecule has 1 aromatic heterocycles. The molecule has 1 aromatic carbocycles. The van der Waals surface area contributed by atoms with Crippen LogP contribution in [0, 0.1) is 13.8 Å². The molecule has 1 heterocycles. The number of nitrogens with zero attached hydrogens (tertiary/aromatic N) is 2. The van der Waals surface area contributed by atoms with E-state index in [0.29, 0.717) is 11.6 Å². The summed E-state index contributed by atoms with van der Waals surface area (Å²) in [7, 11) is 0. The highest BCUT2D eigenvalue weighted by atomic mass is 15.0. The summed E-state index contributed by atoms with van der Waals surface area (Å²) in [6, 6.07) is 10.1. The van der Waals surface area contributed by atoms with E-state index in [-0.39, 0.29) is 0 Å². The largest absolute Gasteiger partial charge is 0.384 e. The van der Waals surface area contributed by atoms with Gasteiger partial charge in [-0.05, 0) is 19.4 Å². The Kier molecular flexibility index (Phi) is 3.23. The monoisotopic (exact) mass is 228 g/mol. The topological polar surface area (TPSA) is 63.8 Å². The second-order valence-corrected chi connectivity index (χ2v) is 4.06. The van der Waals surface area contributed by atoms with Crippen molar-refractivity contribution >= 4 is 11.6 Å². The molecule has 0 aliphatic heterocycles. The maximum absolute atomic E-state index is 5.66. The summed E-state index contributed by atoms with van der Waals surface area (Å²) in [5.74, 6) is 1.93. The summed E-state index contributed by atoms with van der Waals surface area (Å²) in [6.45, 7) is 4.63. The lowest BCUT2D eigenvalue weighted by molar-refractivity contribution is 1.03. The Morgan fingerprint density at radius 2 is 1.82 bits per heavy atom. The van der Waals surface area contributed by atoms with Gasteiger partial charge >= 0.3 is 0 Å². The van der Waals surface area contributed by atoms with Crippen LogP contribution < -0.4 is 11.1 Å². The SMILES string of the molecule is Cc1ccc(CNc2cc(N)nc(C)n2)cc1. The highest BCUT2D eigenvalue weighted by molar-refractivity contribution is 5.45. The fourth-order valence-corrected chi connectivity index (χ4v) is 1.58. The Morgan fingerprint density at radius 3 is 2.47 bits per heavy atom. The number of aromatic nitrogens is 2. The van der Waals surface area contributed by atoms with Crippen LogP contribution in [0.5, 0.6) is 0 Å². The van der Waals surface area contributed by atoms with E-state index in [1.807, 2.05) is 6.92 Å². The summed E-state index contributed by atoms with van der Waals surface area (Å²) in [5, 5.41) is 3.23. The number of benzene rings is 1. The average Bonchev–Trinajstić information content (AvgIpc) is 2.27. The molecule has 0 saturated carbocycles. The molecule has 4 nitrogen and oxygen atoms in total. The van der Waals surface area contributed by atoms with Gasteiger partial charge < -0.3 is 11.1 Å². The summed E-state index contributed by atoms with van der Waals surface area (Å²) >= 11 is 0. The van der Waals surface area contributed by atoms with Crippen LogP contribution in [-0.4, -0.2) is 9.97 Å². The van der Waals surface area contributed by atoms with Crippen LogP contribution in [-0.2, 0) is 6.54 Å². The maximum atomic E-state index is 5.66. The third-order valence-electron chi connectivity index (χ3n) is 2.45. The Hall–Kier alpha value is -2.10. The molecule has 0 amide bonds. The first-order valence-corrected chi connectivity index (χ1v) is 5.54. The highest BCUT2D eigenvalue weighted by Gasteiger charge is 1.99. The van der Waals surface area contributed by atoms with Gasteiger partial charge in [0, 0.05) is 12.6 Å². The zero-order valence-corrected chi connectivity index (χ0v) is 10.1. The molecule has 0 fully saturated rings. The molecule has 2 rings (SSSR count). The van der Waals surface area contributed by atoms with E-state index in [4.69, 9.17) is 5.73 Å². The third-order valence-corrected chi connectivity index (χ3v) is 2.45. The predicted octanol–water partition coefficient (Wildman–Crippen LogP) is 2.29. The number of anilines is 2. The van der Waals surface area contributed by atoms with Gasteiger partial charge in [-0.15, -0.1) is 0 Å². The van der Waals surface area contributed by atoms with E-state index in [1.165, 1.54) is 11.1 Å². The number of nitrogens with two attached hydrogens (primary N) is 1. The molecule has 88 valence electrons. The van der Waals surface area contributed by atoms with Gasteiger partial charge in [0.15, 0.2) is 0 Å². The van der Waals surface area contributed by atoms with Gasteiger partial charge in [0.1, 0.15) is 17.5 Å². The number of nitrogen functional groups attached to an aromatic ring is 1. The molecule has 0 spiro atoms. The van der Waals surface area contributed by atoms with Crippen molar-refractivity contribution in [3.63, 3.8) is 0 Å². The number of aryl methyl sites for hydroxylation is 2. The molecule has 0 unspecified atom stereocenters. The van der Waals surface area contributed by atoms with Gasteiger partial charge in [-0.2, -0.15) is 0 Å². The van der Waals surface area contributed by atoms with Crippen molar-refractivity contribution in [1.29, 1.82) is 0 Å². The first kappa shape index (κ1) is 11.4. The Morgan fingerprint density at radius 1 is 1.12 bits per heavy atom. The fourth-order valence-electron chi connectivity index (χ4n) is 1.58. The van der Waals surface area contributed by atoms with Crippen molar-refractivity contribution in [3.05, 3.63) is 47.3 Å². The van der Waals surface area contributed by atoms with Gasteiger partial charge in [0.2, 0.25) is 0 Å². The minimum atomic E-state index is 0.490. The van der Waals surface area contributed by atoms with Crippen LogP contribution in [0.4, 0.5) is 11.6 Å². The van der Waals surface area contributed by atoms with Gasteiger partial charge in [0.25, 0.3) is 0 Å². The molecule has 4 heteroatoms. The molecular weight excluding hydrogens is 212 g/mol. The second kappa shape index (κ2) is 4.82. The smallest absolute Gasteiger partial charge is 0.132 e. The van der Waals surface area contributed by atoms with Crippen molar-refractivity contribution in [2.75, 3.05) is 11.1 Å². The van der Waals surface area contributed by atoms with Gasteiger partial charge in [-0.25, -0.2) is 9.97 Å². The summed E-state index contributed by atoms with van der Waals surface area (Å²) in [6.07, 6.45) is 0. The average molecular weight is 228 g/mol. The lowest BCUT2D eigenvalue weighted by Gasteiger charge is -2.07. The Bertz CT molecular complexity index is 485. The Balaban J connectivity index is 2.04. The van der Waals surface area contributed by atoms with Crippen LogP contribution in [0.15, 0.2) is 30.3 Å². The molecular formula is C13H16N4. The Labute approximate surface area is 101 Å². The first-order chi connectivity index (χ1) is 8.13. The van der Waals surface area contributed by atoms with Gasteiger partial charge in [0.05, 0.1) is 0 Å². The van der Waals surface area contributed by atoms with E-state index in [1.54, 1.807) is 6.07 Å². The summed E-state index contributed by atoms with van der Waals surface area (Å²) in [4.78, 5) is 8.29. The van der Waals surface area contributed by atoms with Crippen LogP contribution in [0.2, 0.25) is 0 Å². The molecule has 2 aromatic rings. The van der Waals surface area contributed by atoms with Crippen LogP contribution in [0.25, 0.3) is 0 Å². The van der Waals surface area contributed by atoms with Crippen molar-refractivity contribution in [2.24, 2.45) is 0 Å². The summed E-state index contributed by atoms with van der Waals surface area (Å²) < 4.78 is 0. The lowest BCUT2D eigenvalue weighted by Crippen LogP contribution is -2.04. The van der Waals surface area contributed by atoms with E-state index in [9.17, 15) is 0 Å². The minimum absolute atomic E-state index is 0.490. The summed E-state index contributed by atoms with van der Waals surface area (Å²) in [5.41, 5.74) is 8.13. The standard InChI is InChI=1S/C13H16N4/c1-9-3-5-11(6-4-9)8-15-13-7-12(14)16-10(2)17-13/h3-7H,8H2,1-2H3,(H3,14,15,16,17). The molecule has 0 aliphatic rings. The fraction of sp³-hybridized carbons (Fsp3) is 0.231. The second-order valence-electron chi connectivity index (χ2n) is 4.06. The quantitative estimate of drug-likeness (QED) is 0.846. The number of hydrogen-bond donors (Lipinski definition) is 2. The van der Waals surface area contributed by atoms with E-state index < -0.39 is 0 Å².